The van der Waals surface area contributed by atoms with Crippen LogP contribution in [0.3, 0.4) is 0 Å². The third kappa shape index (κ3) is 4.43. The number of nitrogens with one attached hydrogen (secondary N) is 2. The minimum atomic E-state index is -0.963. The molecule has 3 rings (SSSR count). The van der Waals surface area contributed by atoms with Gasteiger partial charge in [0.05, 0.1) is 16.5 Å². The van der Waals surface area contributed by atoms with E-state index in [1.165, 1.54) is 11.8 Å². The van der Waals surface area contributed by atoms with E-state index in [-0.39, 0.29) is 23.8 Å². The van der Waals surface area contributed by atoms with Crippen molar-refractivity contribution < 1.29 is 19.5 Å². The summed E-state index contributed by atoms with van der Waals surface area (Å²) in [4.78, 5) is 36.0. The lowest BCUT2D eigenvalue weighted by Crippen LogP contribution is -2.35. The van der Waals surface area contributed by atoms with E-state index in [4.69, 9.17) is 5.11 Å². The standard InChI is InChI=1S/C19H18N2O4S/c22-17(20-10-9-12-5-7-13(8-6-12)19(24)25)11-16-18(23)21-14-3-1-2-4-15(14)26-16/h1-8,16H,9-11H2,(H,20,22)(H,21,23)(H,24,25)/t16-/m0/s1. The van der Waals surface area contributed by atoms with E-state index in [1.807, 2.05) is 24.3 Å². The van der Waals surface area contributed by atoms with Gasteiger partial charge in [0.1, 0.15) is 0 Å². The van der Waals surface area contributed by atoms with Gasteiger partial charge in [0.25, 0.3) is 0 Å². The first-order chi connectivity index (χ1) is 12.5. The molecule has 0 saturated carbocycles. The first-order valence-corrected chi connectivity index (χ1v) is 9.06. The van der Waals surface area contributed by atoms with Crippen molar-refractivity contribution in [2.24, 2.45) is 0 Å². The average molecular weight is 370 g/mol. The number of hydrogen-bond donors (Lipinski definition) is 3. The molecule has 0 saturated heterocycles. The van der Waals surface area contributed by atoms with E-state index >= 15 is 0 Å². The summed E-state index contributed by atoms with van der Waals surface area (Å²) in [5.74, 6) is -1.30. The van der Waals surface area contributed by atoms with Crippen molar-refractivity contribution in [3.05, 3.63) is 59.7 Å². The van der Waals surface area contributed by atoms with Crippen LogP contribution in [0.25, 0.3) is 0 Å². The number of thioether (sulfide) groups is 1. The highest BCUT2D eigenvalue weighted by Crippen LogP contribution is 2.36. The van der Waals surface area contributed by atoms with Crippen molar-refractivity contribution >= 4 is 35.2 Å². The number of carbonyl (C=O) groups excluding carboxylic acids is 2. The number of rotatable bonds is 6. The van der Waals surface area contributed by atoms with Gasteiger partial charge in [-0.25, -0.2) is 4.79 Å². The van der Waals surface area contributed by atoms with Gasteiger partial charge in [0.2, 0.25) is 11.8 Å². The topological polar surface area (TPSA) is 95.5 Å². The van der Waals surface area contributed by atoms with E-state index in [1.54, 1.807) is 24.3 Å². The minimum absolute atomic E-state index is 0.114. The predicted octanol–water partition coefficient (Wildman–Crippen LogP) is 2.55. The summed E-state index contributed by atoms with van der Waals surface area (Å²) in [7, 11) is 0. The molecular weight excluding hydrogens is 352 g/mol. The second-order valence-electron chi connectivity index (χ2n) is 5.90. The fourth-order valence-corrected chi connectivity index (χ4v) is 3.74. The Kier molecular flexibility index (Phi) is 5.58. The second-order valence-corrected chi connectivity index (χ2v) is 7.14. The lowest BCUT2D eigenvalue weighted by molar-refractivity contribution is -0.124. The van der Waals surface area contributed by atoms with Gasteiger partial charge < -0.3 is 15.7 Å². The first kappa shape index (κ1) is 18.0. The van der Waals surface area contributed by atoms with Crippen LogP contribution in [0.5, 0.6) is 0 Å². The van der Waals surface area contributed by atoms with Gasteiger partial charge in [0.15, 0.2) is 0 Å². The van der Waals surface area contributed by atoms with Gasteiger partial charge >= 0.3 is 5.97 Å². The predicted molar refractivity (Wildman–Crippen MR) is 99.4 cm³/mol. The Morgan fingerprint density at radius 2 is 1.85 bits per heavy atom. The molecule has 0 aromatic heterocycles. The number of para-hydroxylation sites is 1. The molecule has 3 N–H and O–H groups in total. The molecule has 1 atom stereocenters. The number of hydrogen-bond acceptors (Lipinski definition) is 4. The lowest BCUT2D eigenvalue weighted by atomic mass is 10.1. The van der Waals surface area contributed by atoms with Crippen LogP contribution in [0, 0.1) is 0 Å². The highest BCUT2D eigenvalue weighted by Gasteiger charge is 2.28. The highest BCUT2D eigenvalue weighted by molar-refractivity contribution is 8.01. The lowest BCUT2D eigenvalue weighted by Gasteiger charge is -2.23. The van der Waals surface area contributed by atoms with Gasteiger partial charge in [-0.3, -0.25) is 9.59 Å². The number of carbonyl (C=O) groups is 3. The number of anilines is 1. The molecule has 0 spiro atoms. The summed E-state index contributed by atoms with van der Waals surface area (Å²) in [6.07, 6.45) is 0.710. The number of aromatic carboxylic acids is 1. The Morgan fingerprint density at radius 3 is 2.58 bits per heavy atom. The fraction of sp³-hybridized carbons (Fsp3) is 0.211. The number of carboxylic acids is 1. The molecule has 7 heteroatoms. The Bertz CT molecular complexity index is 836. The monoisotopic (exact) mass is 370 g/mol. The van der Waals surface area contributed by atoms with Gasteiger partial charge in [-0.05, 0) is 36.2 Å². The number of amides is 2. The van der Waals surface area contributed by atoms with Gasteiger partial charge in [-0.15, -0.1) is 11.8 Å². The third-order valence-corrected chi connectivity index (χ3v) is 5.29. The van der Waals surface area contributed by atoms with Crippen molar-refractivity contribution in [1.29, 1.82) is 0 Å². The van der Waals surface area contributed by atoms with Crippen LogP contribution in [0.2, 0.25) is 0 Å². The summed E-state index contributed by atoms with van der Waals surface area (Å²) in [6.45, 7) is 0.431. The smallest absolute Gasteiger partial charge is 0.335 e. The van der Waals surface area contributed by atoms with Crippen LogP contribution in [-0.2, 0) is 16.0 Å². The molecule has 26 heavy (non-hydrogen) atoms. The molecule has 2 amide bonds. The molecule has 0 radical (unpaired) electrons. The maximum Gasteiger partial charge on any atom is 0.335 e. The van der Waals surface area contributed by atoms with E-state index in [9.17, 15) is 14.4 Å². The van der Waals surface area contributed by atoms with Crippen LogP contribution in [0.15, 0.2) is 53.4 Å². The van der Waals surface area contributed by atoms with Crippen molar-refractivity contribution in [1.82, 2.24) is 5.32 Å². The molecule has 2 aromatic carbocycles. The average Bonchev–Trinajstić information content (AvgIpc) is 2.63. The zero-order valence-electron chi connectivity index (χ0n) is 13.9. The molecule has 0 fully saturated rings. The molecule has 1 aliphatic heterocycles. The molecule has 6 nitrogen and oxygen atoms in total. The Hall–Kier alpha value is -2.80. The zero-order valence-corrected chi connectivity index (χ0v) is 14.7. The number of fused-ring (bicyclic) bond motifs is 1. The Labute approximate surface area is 155 Å². The molecular formula is C19H18N2O4S. The third-order valence-electron chi connectivity index (χ3n) is 4.01. The Morgan fingerprint density at radius 1 is 1.12 bits per heavy atom. The summed E-state index contributed by atoms with van der Waals surface area (Å²) in [5, 5.41) is 14.1. The van der Waals surface area contributed by atoms with E-state index in [0.29, 0.717) is 13.0 Å². The zero-order chi connectivity index (χ0) is 18.5. The van der Waals surface area contributed by atoms with E-state index < -0.39 is 11.2 Å². The molecule has 1 heterocycles. The van der Waals surface area contributed by atoms with Crippen molar-refractivity contribution in [3.63, 3.8) is 0 Å². The summed E-state index contributed by atoms with van der Waals surface area (Å²) >= 11 is 1.40. The quantitative estimate of drug-likeness (QED) is 0.726. The van der Waals surface area contributed by atoms with Crippen LogP contribution < -0.4 is 10.6 Å². The first-order valence-electron chi connectivity index (χ1n) is 8.18. The second kappa shape index (κ2) is 8.05. The van der Waals surface area contributed by atoms with Crippen LogP contribution in [-0.4, -0.2) is 34.7 Å². The summed E-state index contributed by atoms with van der Waals surface area (Å²) in [5.41, 5.74) is 1.95. The molecule has 2 aromatic rings. The van der Waals surface area contributed by atoms with Gasteiger partial charge in [-0.1, -0.05) is 24.3 Å². The summed E-state index contributed by atoms with van der Waals surface area (Å²) < 4.78 is 0. The largest absolute Gasteiger partial charge is 0.478 e. The normalized spacial score (nSPS) is 15.7. The molecule has 1 aliphatic rings. The SMILES string of the molecule is O=C(C[C@@H]1Sc2ccccc2NC1=O)NCCc1ccc(C(=O)O)cc1. The van der Waals surface area contributed by atoms with Crippen LogP contribution in [0.4, 0.5) is 5.69 Å². The van der Waals surface area contributed by atoms with Gasteiger partial charge in [-0.2, -0.15) is 0 Å². The molecule has 0 unspecified atom stereocenters. The van der Waals surface area contributed by atoms with Crippen LogP contribution >= 0.6 is 11.8 Å². The highest BCUT2D eigenvalue weighted by atomic mass is 32.2. The van der Waals surface area contributed by atoms with Gasteiger partial charge in [0, 0.05) is 17.9 Å². The molecule has 134 valence electrons. The molecule has 0 bridgehead atoms. The number of benzene rings is 2. The maximum absolute atomic E-state index is 12.1. The van der Waals surface area contributed by atoms with Crippen LogP contribution in [0.1, 0.15) is 22.3 Å². The number of carboxylic acid groups (broad SMARTS) is 1. The maximum atomic E-state index is 12.1. The Balaban J connectivity index is 1.47. The van der Waals surface area contributed by atoms with Crippen molar-refractivity contribution in [2.75, 3.05) is 11.9 Å². The summed E-state index contributed by atoms with van der Waals surface area (Å²) in [6, 6.07) is 14.1. The minimum Gasteiger partial charge on any atom is -0.478 e. The van der Waals surface area contributed by atoms with Crippen molar-refractivity contribution in [3.8, 4) is 0 Å². The van der Waals surface area contributed by atoms with E-state index in [2.05, 4.69) is 10.6 Å². The van der Waals surface area contributed by atoms with Crippen molar-refractivity contribution in [2.45, 2.75) is 23.0 Å². The van der Waals surface area contributed by atoms with E-state index in [0.717, 1.165) is 16.1 Å². The fourth-order valence-electron chi connectivity index (χ4n) is 2.63. The molecule has 0 aliphatic carbocycles.